The third-order valence-corrected chi connectivity index (χ3v) is 9.83. The maximum atomic E-state index is 14.2. The molecular weight excluding hydrogens is 676 g/mol. The van der Waals surface area contributed by atoms with Crippen LogP contribution in [-0.4, -0.2) is 31.4 Å². The molecule has 1 aliphatic rings. The summed E-state index contributed by atoms with van der Waals surface area (Å²) in [5.74, 6) is 0.918. The van der Waals surface area contributed by atoms with Gasteiger partial charge in [0.1, 0.15) is 5.76 Å². The number of benzene rings is 3. The van der Waals surface area contributed by atoms with Gasteiger partial charge in [0, 0.05) is 16.5 Å². The molecule has 0 saturated carbocycles. The monoisotopic (exact) mass is 702 g/mol. The Kier molecular flexibility index (Phi) is 9.11. The van der Waals surface area contributed by atoms with E-state index in [0.717, 1.165) is 14.9 Å². The zero-order valence-electron chi connectivity index (χ0n) is 24.5. The predicted molar refractivity (Wildman–Crippen MR) is 178 cm³/mol. The zero-order chi connectivity index (χ0) is 31.5. The third-order valence-electron chi connectivity index (χ3n) is 7.00. The fourth-order valence-corrected chi connectivity index (χ4v) is 7.35. The number of nitrogens with zero attached hydrogens (tertiary/aromatic N) is 2. The molecule has 0 aliphatic carbocycles. The molecule has 0 fully saturated rings. The number of carbonyl (C=O) groups is 1. The van der Waals surface area contributed by atoms with Crippen LogP contribution in [0.25, 0.3) is 11.8 Å². The highest BCUT2D eigenvalue weighted by Gasteiger charge is 2.35. The van der Waals surface area contributed by atoms with Crippen LogP contribution in [-0.2, 0) is 9.53 Å². The minimum Gasteiger partial charge on any atom is -0.493 e. The molecule has 0 saturated heterocycles. The highest BCUT2D eigenvalue weighted by atomic mass is 79.9. The number of thiazole rings is 1. The van der Waals surface area contributed by atoms with Gasteiger partial charge in [-0.15, -0.1) is 0 Å². The van der Waals surface area contributed by atoms with Crippen LogP contribution < -0.4 is 24.4 Å². The highest BCUT2D eigenvalue weighted by molar-refractivity contribution is 9.10. The number of halogens is 1. The molecule has 3 heterocycles. The highest BCUT2D eigenvalue weighted by Crippen LogP contribution is 2.39. The molecule has 0 unspecified atom stereocenters. The van der Waals surface area contributed by atoms with Crippen LogP contribution in [0.4, 0.5) is 0 Å². The van der Waals surface area contributed by atoms with E-state index in [1.807, 2.05) is 72.8 Å². The van der Waals surface area contributed by atoms with Crippen LogP contribution in [0.15, 0.2) is 119 Å². The van der Waals surface area contributed by atoms with Crippen molar-refractivity contribution in [3.05, 3.63) is 132 Å². The number of carbonyl (C=O) groups excluding carboxylic acids is 1. The second-order valence-electron chi connectivity index (χ2n) is 9.75. The second kappa shape index (κ2) is 13.4. The van der Waals surface area contributed by atoms with Crippen molar-refractivity contribution in [1.29, 1.82) is 0 Å². The summed E-state index contributed by atoms with van der Waals surface area (Å²) < 4.78 is 25.4. The average molecular weight is 704 g/mol. The van der Waals surface area contributed by atoms with E-state index in [4.69, 9.17) is 23.6 Å². The van der Waals surface area contributed by atoms with E-state index in [1.165, 1.54) is 34.8 Å². The molecule has 45 heavy (non-hydrogen) atoms. The second-order valence-corrected chi connectivity index (χ2v) is 12.7. The fourth-order valence-electron chi connectivity index (χ4n) is 5.01. The van der Waals surface area contributed by atoms with Crippen LogP contribution in [0, 0.1) is 0 Å². The summed E-state index contributed by atoms with van der Waals surface area (Å²) in [6, 6.07) is 25.6. The molecular formula is C34H27BrN2O6S2. The Morgan fingerprint density at radius 3 is 2.42 bits per heavy atom. The van der Waals surface area contributed by atoms with Gasteiger partial charge in [0.2, 0.25) is 0 Å². The Balaban J connectivity index is 1.56. The molecule has 1 aliphatic heterocycles. The minimum absolute atomic E-state index is 0.157. The van der Waals surface area contributed by atoms with E-state index in [0.29, 0.717) is 42.9 Å². The van der Waals surface area contributed by atoms with Gasteiger partial charge in [-0.3, -0.25) is 9.36 Å². The maximum absolute atomic E-state index is 14.2. The summed E-state index contributed by atoms with van der Waals surface area (Å²) in [6.07, 6.45) is 1.70. The number of ether oxygens (including phenoxy) is 3. The lowest BCUT2D eigenvalue weighted by Crippen LogP contribution is -2.40. The first kappa shape index (κ1) is 30.7. The van der Waals surface area contributed by atoms with Crippen molar-refractivity contribution >= 4 is 56.8 Å². The number of rotatable bonds is 9. The topological polar surface area (TPSA) is 92.3 Å². The lowest BCUT2D eigenvalue weighted by molar-refractivity contribution is -0.138. The van der Waals surface area contributed by atoms with Crippen molar-refractivity contribution in [3.63, 3.8) is 0 Å². The molecule has 2 aromatic heterocycles. The minimum atomic E-state index is -0.856. The van der Waals surface area contributed by atoms with E-state index in [9.17, 15) is 9.59 Å². The molecule has 228 valence electrons. The van der Waals surface area contributed by atoms with E-state index in [-0.39, 0.29) is 17.7 Å². The Morgan fingerprint density at radius 1 is 1.02 bits per heavy atom. The van der Waals surface area contributed by atoms with Gasteiger partial charge in [-0.1, -0.05) is 77.7 Å². The third kappa shape index (κ3) is 6.15. The van der Waals surface area contributed by atoms with Crippen molar-refractivity contribution in [1.82, 2.24) is 4.57 Å². The number of hydrogen-bond donors (Lipinski definition) is 0. The number of esters is 1. The van der Waals surface area contributed by atoms with Crippen molar-refractivity contribution in [2.45, 2.75) is 23.0 Å². The van der Waals surface area contributed by atoms with Crippen molar-refractivity contribution in [2.24, 2.45) is 4.99 Å². The van der Waals surface area contributed by atoms with Gasteiger partial charge in [-0.05, 0) is 58.7 Å². The zero-order valence-corrected chi connectivity index (χ0v) is 27.7. The van der Waals surface area contributed by atoms with Gasteiger partial charge >= 0.3 is 5.97 Å². The van der Waals surface area contributed by atoms with Crippen LogP contribution in [0.2, 0.25) is 0 Å². The summed E-state index contributed by atoms with van der Waals surface area (Å²) in [7, 11) is 3.09. The average Bonchev–Trinajstić information content (AvgIpc) is 3.57. The maximum Gasteiger partial charge on any atom is 0.338 e. The Morgan fingerprint density at radius 2 is 1.73 bits per heavy atom. The van der Waals surface area contributed by atoms with E-state index in [2.05, 4.69) is 15.9 Å². The summed E-state index contributed by atoms with van der Waals surface area (Å²) in [4.78, 5) is 34.3. The first-order chi connectivity index (χ1) is 21.9. The first-order valence-electron chi connectivity index (χ1n) is 13.9. The molecule has 0 N–H and O–H groups in total. The van der Waals surface area contributed by atoms with Crippen LogP contribution in [0.1, 0.15) is 29.9 Å². The lowest BCUT2D eigenvalue weighted by Gasteiger charge is -2.26. The summed E-state index contributed by atoms with van der Waals surface area (Å²) >= 11 is 6.28. The Hall–Kier alpha value is -4.32. The summed E-state index contributed by atoms with van der Waals surface area (Å²) in [6.45, 7) is 1.90. The molecule has 0 spiro atoms. The van der Waals surface area contributed by atoms with Gasteiger partial charge in [0.15, 0.2) is 21.4 Å². The van der Waals surface area contributed by atoms with E-state index < -0.39 is 12.0 Å². The molecule has 5 aromatic rings. The smallest absolute Gasteiger partial charge is 0.338 e. The molecule has 0 radical (unpaired) electrons. The van der Waals surface area contributed by atoms with Gasteiger partial charge < -0.3 is 18.6 Å². The van der Waals surface area contributed by atoms with Gasteiger partial charge in [0.25, 0.3) is 5.56 Å². The normalized spacial score (nSPS) is 14.6. The SMILES string of the molecule is CCOC(=O)C1=C(c2ccccc2)N=c2s/c(=C/c3cc(Br)c(Sc4ccccc4)o3)c(=O)n2[C@@H]1c1ccc(OC)c(OC)c1. The first-order valence-corrected chi connectivity index (χ1v) is 16.4. The van der Waals surface area contributed by atoms with Crippen LogP contribution in [0.5, 0.6) is 11.5 Å². The van der Waals surface area contributed by atoms with E-state index in [1.54, 1.807) is 32.2 Å². The molecule has 6 rings (SSSR count). The quantitative estimate of drug-likeness (QED) is 0.163. The van der Waals surface area contributed by atoms with E-state index >= 15 is 0 Å². The van der Waals surface area contributed by atoms with Crippen molar-refractivity contribution in [3.8, 4) is 11.5 Å². The fraction of sp³-hybridized carbons (Fsp3) is 0.147. The van der Waals surface area contributed by atoms with Crippen LogP contribution in [0.3, 0.4) is 0 Å². The number of fused-ring (bicyclic) bond motifs is 1. The van der Waals surface area contributed by atoms with Gasteiger partial charge in [-0.25, -0.2) is 9.79 Å². The predicted octanol–water partition coefficient (Wildman–Crippen LogP) is 6.46. The standard InChI is InChI=1S/C34H27BrN2O6S2/c1-4-42-32(39)28-29(20-11-7-5-8-12-20)36-34-37(30(28)21-15-16-25(40-2)26(17-21)41-3)31(38)27(45-34)19-22-18-24(35)33(43-22)44-23-13-9-6-10-14-23/h5-19,30H,4H2,1-3H3/b27-19+/t30-/m1/s1. The van der Waals surface area contributed by atoms with Gasteiger partial charge in [-0.2, -0.15) is 0 Å². The van der Waals surface area contributed by atoms with Gasteiger partial charge in [0.05, 0.1) is 47.1 Å². The molecule has 8 nitrogen and oxygen atoms in total. The van der Waals surface area contributed by atoms with Crippen LogP contribution >= 0.6 is 39.0 Å². The number of aromatic nitrogens is 1. The number of methoxy groups -OCH3 is 2. The number of hydrogen-bond acceptors (Lipinski definition) is 9. The molecule has 0 amide bonds. The molecule has 1 atom stereocenters. The Bertz CT molecular complexity index is 2080. The summed E-state index contributed by atoms with van der Waals surface area (Å²) in [5.41, 5.74) is 1.72. The molecule has 3 aromatic carbocycles. The van der Waals surface area contributed by atoms with Crippen molar-refractivity contribution < 1.29 is 23.4 Å². The molecule has 0 bridgehead atoms. The van der Waals surface area contributed by atoms with Crippen molar-refractivity contribution in [2.75, 3.05) is 20.8 Å². The summed E-state index contributed by atoms with van der Waals surface area (Å²) in [5, 5.41) is 0.666. The Labute approximate surface area is 275 Å². The largest absolute Gasteiger partial charge is 0.493 e. The lowest BCUT2D eigenvalue weighted by atomic mass is 9.93. The number of furan rings is 1. The molecule has 11 heteroatoms.